The first-order valence-corrected chi connectivity index (χ1v) is 6.14. The number of ether oxygens (including phenoxy) is 1. The Kier molecular flexibility index (Phi) is 2.87. The van der Waals surface area contributed by atoms with E-state index in [1.54, 1.807) is 16.6 Å². The lowest BCUT2D eigenvalue weighted by Crippen LogP contribution is -2.41. The Morgan fingerprint density at radius 3 is 3.05 bits per heavy atom. The van der Waals surface area contributed by atoms with Crippen LogP contribution >= 0.6 is 0 Å². The molecule has 3 atom stereocenters. The van der Waals surface area contributed by atoms with Gasteiger partial charge in [-0.05, 0) is 12.1 Å². The van der Waals surface area contributed by atoms with Crippen molar-refractivity contribution in [2.45, 2.75) is 24.2 Å². The summed E-state index contributed by atoms with van der Waals surface area (Å²) in [6.45, 7) is -0.443. The highest BCUT2D eigenvalue weighted by Gasteiger charge is 2.47. The van der Waals surface area contributed by atoms with E-state index in [-0.39, 0.29) is 6.42 Å². The molecule has 104 valence electrons. The molecule has 0 aromatic carbocycles. The van der Waals surface area contributed by atoms with Crippen molar-refractivity contribution < 1.29 is 14.9 Å². The summed E-state index contributed by atoms with van der Waals surface area (Å²) in [7, 11) is 0. The van der Waals surface area contributed by atoms with Crippen molar-refractivity contribution in [1.29, 1.82) is 0 Å². The first-order chi connectivity index (χ1) is 9.61. The van der Waals surface area contributed by atoms with Gasteiger partial charge in [-0.2, -0.15) is 5.10 Å². The highest BCUT2D eigenvalue weighted by molar-refractivity contribution is 5.65. The van der Waals surface area contributed by atoms with Crippen LogP contribution in [-0.4, -0.2) is 43.1 Å². The molecule has 4 N–H and O–H groups in total. The minimum Gasteiger partial charge on any atom is -0.392 e. The van der Waals surface area contributed by atoms with Gasteiger partial charge < -0.3 is 20.7 Å². The molecule has 0 aliphatic carbocycles. The van der Waals surface area contributed by atoms with Crippen LogP contribution in [0.25, 0.3) is 5.52 Å². The number of hydrogen-bond donors (Lipinski definition) is 3. The van der Waals surface area contributed by atoms with Gasteiger partial charge in [0, 0.05) is 6.42 Å². The molecular formula is C13H14N4O3. The van der Waals surface area contributed by atoms with E-state index in [2.05, 4.69) is 16.0 Å². The van der Waals surface area contributed by atoms with Gasteiger partial charge in [-0.1, -0.05) is 5.92 Å². The molecule has 1 aliphatic rings. The van der Waals surface area contributed by atoms with E-state index in [0.29, 0.717) is 17.0 Å². The number of anilines is 1. The Morgan fingerprint density at radius 2 is 2.40 bits per heavy atom. The number of nitrogens with two attached hydrogens (primary N) is 1. The Labute approximate surface area is 115 Å². The molecule has 0 radical (unpaired) electrons. The average Bonchev–Trinajstić information content (AvgIpc) is 3.01. The van der Waals surface area contributed by atoms with E-state index in [9.17, 15) is 10.2 Å². The van der Waals surface area contributed by atoms with Crippen molar-refractivity contribution in [2.75, 3.05) is 12.3 Å². The Balaban J connectivity index is 2.02. The average molecular weight is 274 g/mol. The normalized spacial score (nSPS) is 29.6. The van der Waals surface area contributed by atoms with Crippen LogP contribution < -0.4 is 5.73 Å². The lowest BCUT2D eigenvalue weighted by molar-refractivity contribution is -0.0732. The van der Waals surface area contributed by atoms with E-state index in [1.165, 1.54) is 6.33 Å². The molecule has 1 aliphatic heterocycles. The number of fused-ring (bicyclic) bond motifs is 1. The number of hydrogen-bond acceptors (Lipinski definition) is 6. The van der Waals surface area contributed by atoms with Crippen LogP contribution in [0.5, 0.6) is 0 Å². The second-order valence-electron chi connectivity index (χ2n) is 4.75. The molecule has 0 saturated carbocycles. The first kappa shape index (κ1) is 12.9. The van der Waals surface area contributed by atoms with Gasteiger partial charge in [0.05, 0.1) is 18.4 Å². The predicted octanol–water partition coefficient (Wildman–Crippen LogP) is -0.502. The molecule has 0 amide bonds. The molecule has 1 fully saturated rings. The van der Waals surface area contributed by atoms with Gasteiger partial charge in [-0.15, -0.1) is 6.42 Å². The largest absolute Gasteiger partial charge is 0.392 e. The highest BCUT2D eigenvalue weighted by atomic mass is 16.5. The zero-order valence-corrected chi connectivity index (χ0v) is 10.6. The molecule has 2 aromatic rings. The summed E-state index contributed by atoms with van der Waals surface area (Å²) in [6, 6.07) is 3.57. The lowest BCUT2D eigenvalue weighted by atomic mass is 9.98. The Bertz CT molecular complexity index is 692. The van der Waals surface area contributed by atoms with Gasteiger partial charge in [0.15, 0.2) is 11.4 Å². The van der Waals surface area contributed by atoms with E-state index < -0.39 is 24.4 Å². The van der Waals surface area contributed by atoms with Crippen LogP contribution in [0.4, 0.5) is 5.82 Å². The molecule has 3 unspecified atom stereocenters. The Hall–Kier alpha value is -2.14. The second kappa shape index (κ2) is 4.45. The molecule has 2 aromatic heterocycles. The summed E-state index contributed by atoms with van der Waals surface area (Å²) in [5.41, 5.74) is 5.76. The number of nitrogen functional groups attached to an aromatic ring is 1. The van der Waals surface area contributed by atoms with Crippen LogP contribution in [0, 0.1) is 12.3 Å². The van der Waals surface area contributed by atoms with Gasteiger partial charge in [0.25, 0.3) is 0 Å². The standard InChI is InChI=1S/C13H14N4O3/c1-2-13(6-18)11(19)5-10(20-13)8-3-4-9-12(14)15-7-16-17(8)9/h1,3-4,7,10-11,18-19H,5-6H2,(H2,14,15,16). The summed E-state index contributed by atoms with van der Waals surface area (Å²) in [4.78, 5) is 3.91. The summed E-state index contributed by atoms with van der Waals surface area (Å²) in [5, 5.41) is 23.5. The molecule has 20 heavy (non-hydrogen) atoms. The third-order valence-electron chi connectivity index (χ3n) is 3.65. The number of rotatable bonds is 2. The fourth-order valence-corrected chi connectivity index (χ4v) is 2.49. The maximum absolute atomic E-state index is 10.0. The van der Waals surface area contributed by atoms with Crippen LogP contribution in [0.15, 0.2) is 18.5 Å². The van der Waals surface area contributed by atoms with E-state index in [0.717, 1.165) is 0 Å². The quantitative estimate of drug-likeness (QED) is 0.637. The van der Waals surface area contributed by atoms with E-state index >= 15 is 0 Å². The zero-order chi connectivity index (χ0) is 14.3. The van der Waals surface area contributed by atoms with Crippen molar-refractivity contribution in [3.8, 4) is 12.3 Å². The maximum Gasteiger partial charge on any atom is 0.177 e. The fourth-order valence-electron chi connectivity index (χ4n) is 2.49. The maximum atomic E-state index is 10.0. The number of aromatic nitrogens is 3. The van der Waals surface area contributed by atoms with Crippen molar-refractivity contribution in [2.24, 2.45) is 0 Å². The van der Waals surface area contributed by atoms with Gasteiger partial charge in [0.1, 0.15) is 17.9 Å². The van der Waals surface area contributed by atoms with Gasteiger partial charge in [-0.3, -0.25) is 0 Å². The lowest BCUT2D eigenvalue weighted by Gasteiger charge is -2.23. The van der Waals surface area contributed by atoms with Gasteiger partial charge in [0.2, 0.25) is 0 Å². The monoisotopic (exact) mass is 274 g/mol. The smallest absolute Gasteiger partial charge is 0.177 e. The summed E-state index contributed by atoms with van der Waals surface area (Å²) >= 11 is 0. The second-order valence-corrected chi connectivity index (χ2v) is 4.75. The fraction of sp³-hybridized carbons (Fsp3) is 0.385. The minimum absolute atomic E-state index is 0.279. The van der Waals surface area contributed by atoms with Crippen molar-refractivity contribution in [3.05, 3.63) is 24.2 Å². The minimum atomic E-state index is -1.37. The molecule has 3 rings (SSSR count). The third-order valence-corrected chi connectivity index (χ3v) is 3.65. The molecule has 7 nitrogen and oxygen atoms in total. The predicted molar refractivity (Wildman–Crippen MR) is 70.5 cm³/mol. The summed E-state index contributed by atoms with van der Waals surface area (Å²) in [6.07, 6.45) is 5.59. The van der Waals surface area contributed by atoms with E-state index in [1.807, 2.05) is 0 Å². The number of nitrogens with zero attached hydrogens (tertiary/aromatic N) is 3. The summed E-state index contributed by atoms with van der Waals surface area (Å²) in [5.74, 6) is 2.70. The van der Waals surface area contributed by atoms with E-state index in [4.69, 9.17) is 16.9 Å². The molecule has 1 saturated heterocycles. The van der Waals surface area contributed by atoms with Gasteiger partial charge in [-0.25, -0.2) is 9.50 Å². The SMILES string of the molecule is C#CC1(CO)OC(c2ccc3c(N)ncnn23)CC1O. The highest BCUT2D eigenvalue weighted by Crippen LogP contribution is 2.39. The summed E-state index contributed by atoms with van der Waals surface area (Å²) < 4.78 is 7.29. The van der Waals surface area contributed by atoms with Crippen LogP contribution in [0.3, 0.4) is 0 Å². The molecule has 3 heterocycles. The molecular weight excluding hydrogens is 260 g/mol. The van der Waals surface area contributed by atoms with Crippen molar-refractivity contribution >= 4 is 11.3 Å². The topological polar surface area (TPSA) is 106 Å². The Morgan fingerprint density at radius 1 is 1.60 bits per heavy atom. The first-order valence-electron chi connectivity index (χ1n) is 6.14. The molecule has 0 bridgehead atoms. The van der Waals surface area contributed by atoms with Crippen LogP contribution in [0.2, 0.25) is 0 Å². The third kappa shape index (κ3) is 1.67. The van der Waals surface area contributed by atoms with Crippen LogP contribution in [-0.2, 0) is 4.74 Å². The van der Waals surface area contributed by atoms with Crippen LogP contribution in [0.1, 0.15) is 18.2 Å². The number of aliphatic hydroxyl groups is 2. The number of aliphatic hydroxyl groups excluding tert-OH is 2. The molecule has 7 heteroatoms. The number of terminal acetylenes is 1. The van der Waals surface area contributed by atoms with Gasteiger partial charge >= 0.3 is 0 Å². The zero-order valence-electron chi connectivity index (χ0n) is 10.6. The van der Waals surface area contributed by atoms with Crippen molar-refractivity contribution in [1.82, 2.24) is 14.6 Å². The van der Waals surface area contributed by atoms with Crippen molar-refractivity contribution in [3.63, 3.8) is 0 Å². The molecule has 0 spiro atoms.